The maximum absolute atomic E-state index is 13.2. The Hall–Kier alpha value is -3.92. The Balaban J connectivity index is 1.65. The topological polar surface area (TPSA) is 56.5 Å². The minimum absolute atomic E-state index is 0.400. The van der Waals surface area contributed by atoms with E-state index in [1.165, 1.54) is 6.07 Å². The van der Waals surface area contributed by atoms with Crippen molar-refractivity contribution < 1.29 is 13.9 Å². The van der Waals surface area contributed by atoms with E-state index >= 15 is 0 Å². The number of carbonyl (C=O) groups excluding carboxylic acids is 1. The van der Waals surface area contributed by atoms with Crippen LogP contribution in [0.3, 0.4) is 0 Å². The van der Waals surface area contributed by atoms with E-state index < -0.39 is 11.6 Å². The van der Waals surface area contributed by atoms with Gasteiger partial charge in [-0.3, -0.25) is 0 Å². The summed E-state index contributed by atoms with van der Waals surface area (Å²) in [6, 6.07) is 24.1. The largest absolute Gasteiger partial charge is 0.423 e. The first-order valence-electron chi connectivity index (χ1n) is 9.27. The van der Waals surface area contributed by atoms with Gasteiger partial charge in [0.05, 0.1) is 5.56 Å². The molecule has 140 valence electrons. The van der Waals surface area contributed by atoms with Crippen LogP contribution in [0.1, 0.15) is 15.9 Å². The van der Waals surface area contributed by atoms with E-state index in [0.717, 1.165) is 32.5 Å². The van der Waals surface area contributed by atoms with Crippen LogP contribution < -0.4 is 10.4 Å². The molecule has 0 saturated heterocycles. The van der Waals surface area contributed by atoms with Gasteiger partial charge in [-0.1, -0.05) is 48.5 Å². The van der Waals surface area contributed by atoms with Gasteiger partial charge in [0.15, 0.2) is 0 Å². The molecule has 0 spiro atoms. The van der Waals surface area contributed by atoms with Crippen molar-refractivity contribution in [1.29, 1.82) is 0 Å². The number of rotatable bonds is 2. The van der Waals surface area contributed by atoms with Crippen LogP contribution >= 0.6 is 0 Å². The lowest BCUT2D eigenvalue weighted by Gasteiger charge is -2.12. The highest BCUT2D eigenvalue weighted by Gasteiger charge is 2.17. The van der Waals surface area contributed by atoms with Crippen molar-refractivity contribution in [2.45, 2.75) is 6.92 Å². The third-order valence-electron chi connectivity index (χ3n) is 5.11. The van der Waals surface area contributed by atoms with Gasteiger partial charge in [-0.15, -0.1) is 0 Å². The van der Waals surface area contributed by atoms with E-state index in [2.05, 4.69) is 6.07 Å². The first kappa shape index (κ1) is 17.2. The van der Waals surface area contributed by atoms with Crippen molar-refractivity contribution in [3.05, 3.63) is 100 Å². The van der Waals surface area contributed by atoms with Crippen molar-refractivity contribution in [3.8, 4) is 5.75 Å². The zero-order chi connectivity index (χ0) is 20.0. The summed E-state index contributed by atoms with van der Waals surface area (Å²) in [5.41, 5.74) is 1.37. The predicted octanol–water partition coefficient (Wildman–Crippen LogP) is 5.63. The van der Waals surface area contributed by atoms with Gasteiger partial charge in [0.25, 0.3) is 0 Å². The third kappa shape index (κ3) is 2.95. The van der Waals surface area contributed by atoms with E-state index in [4.69, 9.17) is 9.15 Å². The van der Waals surface area contributed by atoms with Crippen molar-refractivity contribution >= 4 is 38.5 Å². The van der Waals surface area contributed by atoms with E-state index in [9.17, 15) is 9.59 Å². The molecule has 29 heavy (non-hydrogen) atoms. The molecule has 4 heteroatoms. The molecular formula is C25H16O4. The molecule has 0 unspecified atom stereocenters. The number of hydrogen-bond donors (Lipinski definition) is 0. The second-order valence-corrected chi connectivity index (χ2v) is 6.99. The van der Waals surface area contributed by atoms with Crippen LogP contribution in [-0.4, -0.2) is 5.97 Å². The Morgan fingerprint density at radius 3 is 2.14 bits per heavy atom. The van der Waals surface area contributed by atoms with Gasteiger partial charge in [-0.2, -0.15) is 0 Å². The van der Waals surface area contributed by atoms with Crippen LogP contribution in [0.2, 0.25) is 0 Å². The number of fused-ring (bicyclic) bond motifs is 3. The first-order chi connectivity index (χ1) is 14.1. The number of aryl methyl sites for hydroxylation is 1. The zero-order valence-corrected chi connectivity index (χ0v) is 15.6. The van der Waals surface area contributed by atoms with Crippen LogP contribution in [0.5, 0.6) is 5.75 Å². The van der Waals surface area contributed by atoms with Crippen LogP contribution in [0.25, 0.3) is 32.5 Å². The summed E-state index contributed by atoms with van der Waals surface area (Å²) in [5, 5.41) is 4.39. The molecule has 5 rings (SSSR count). The lowest BCUT2D eigenvalue weighted by atomic mass is 9.97. The Morgan fingerprint density at radius 2 is 1.45 bits per heavy atom. The molecule has 1 heterocycles. The number of ether oxygens (including phenoxy) is 1. The quantitative estimate of drug-likeness (QED) is 0.172. The molecule has 0 bridgehead atoms. The lowest BCUT2D eigenvalue weighted by molar-refractivity contribution is 0.0739. The second-order valence-electron chi connectivity index (χ2n) is 6.99. The van der Waals surface area contributed by atoms with E-state index in [1.54, 1.807) is 18.2 Å². The van der Waals surface area contributed by atoms with Crippen LogP contribution in [-0.2, 0) is 0 Å². The predicted molar refractivity (Wildman–Crippen MR) is 114 cm³/mol. The highest BCUT2D eigenvalue weighted by molar-refractivity contribution is 6.17. The Labute approximate surface area is 166 Å². The zero-order valence-electron chi connectivity index (χ0n) is 15.6. The number of esters is 1. The fraction of sp³-hybridized carbons (Fsp3) is 0.0400. The molecule has 0 atom stereocenters. The molecule has 0 N–H and O–H groups in total. The van der Waals surface area contributed by atoms with Crippen molar-refractivity contribution in [1.82, 2.24) is 0 Å². The number of hydrogen-bond acceptors (Lipinski definition) is 4. The summed E-state index contributed by atoms with van der Waals surface area (Å²) in [6.45, 7) is 1.82. The molecule has 0 saturated carbocycles. The van der Waals surface area contributed by atoms with E-state index in [0.29, 0.717) is 16.9 Å². The van der Waals surface area contributed by atoms with Gasteiger partial charge in [0, 0.05) is 11.5 Å². The molecule has 0 aliphatic carbocycles. The molecule has 1 aromatic heterocycles. The standard InChI is InChI=1S/C25H16O4/c1-15-12-23(26)29-22-11-10-18(14-21(15)22)28-25(27)24-19-8-4-2-6-16(19)13-17-7-3-5-9-20(17)24/h2-14H,1H3. The van der Waals surface area contributed by atoms with Gasteiger partial charge < -0.3 is 9.15 Å². The molecule has 0 radical (unpaired) electrons. The van der Waals surface area contributed by atoms with Crippen LogP contribution in [0, 0.1) is 6.92 Å². The summed E-state index contributed by atoms with van der Waals surface area (Å²) in [6.07, 6.45) is 0. The number of carbonyl (C=O) groups is 1. The maximum atomic E-state index is 13.2. The smallest absolute Gasteiger partial charge is 0.344 e. The molecule has 0 aliphatic rings. The third-order valence-corrected chi connectivity index (χ3v) is 5.11. The van der Waals surface area contributed by atoms with Crippen LogP contribution in [0.4, 0.5) is 0 Å². The van der Waals surface area contributed by atoms with E-state index in [1.807, 2.05) is 55.5 Å². The summed E-state index contributed by atoms with van der Waals surface area (Å²) in [7, 11) is 0. The van der Waals surface area contributed by atoms with Gasteiger partial charge in [0.2, 0.25) is 0 Å². The van der Waals surface area contributed by atoms with Crippen molar-refractivity contribution in [2.75, 3.05) is 0 Å². The van der Waals surface area contributed by atoms with Gasteiger partial charge in [-0.25, -0.2) is 9.59 Å². The normalized spacial score (nSPS) is 11.2. The molecular weight excluding hydrogens is 364 g/mol. The van der Waals surface area contributed by atoms with E-state index in [-0.39, 0.29) is 0 Å². The Bertz CT molecular complexity index is 1420. The van der Waals surface area contributed by atoms with Gasteiger partial charge >= 0.3 is 11.6 Å². The fourth-order valence-electron chi connectivity index (χ4n) is 3.75. The molecule has 4 aromatic carbocycles. The minimum atomic E-state index is -0.424. The molecule has 0 aliphatic heterocycles. The summed E-state index contributed by atoms with van der Waals surface area (Å²) in [5.74, 6) is -0.0242. The Kier molecular flexibility index (Phi) is 3.91. The fourth-order valence-corrected chi connectivity index (χ4v) is 3.75. The SMILES string of the molecule is Cc1cc(=O)oc2ccc(OC(=O)c3c4ccccc4cc4ccccc34)cc12. The average Bonchev–Trinajstić information content (AvgIpc) is 2.72. The van der Waals surface area contributed by atoms with Crippen LogP contribution in [0.15, 0.2) is 88.1 Å². The van der Waals surface area contributed by atoms with Crippen molar-refractivity contribution in [3.63, 3.8) is 0 Å². The Morgan fingerprint density at radius 1 is 0.793 bits per heavy atom. The molecule has 0 amide bonds. The minimum Gasteiger partial charge on any atom is -0.423 e. The first-order valence-corrected chi connectivity index (χ1v) is 9.27. The summed E-state index contributed by atoms with van der Waals surface area (Å²) >= 11 is 0. The molecule has 5 aromatic rings. The average molecular weight is 380 g/mol. The summed E-state index contributed by atoms with van der Waals surface area (Å²) < 4.78 is 11.0. The molecule has 4 nitrogen and oxygen atoms in total. The summed E-state index contributed by atoms with van der Waals surface area (Å²) in [4.78, 5) is 24.8. The highest BCUT2D eigenvalue weighted by atomic mass is 16.5. The monoisotopic (exact) mass is 380 g/mol. The lowest BCUT2D eigenvalue weighted by Crippen LogP contribution is -2.10. The van der Waals surface area contributed by atoms with Gasteiger partial charge in [-0.05, 0) is 58.3 Å². The van der Waals surface area contributed by atoms with Crippen molar-refractivity contribution in [2.24, 2.45) is 0 Å². The molecule has 0 fully saturated rings. The highest BCUT2D eigenvalue weighted by Crippen LogP contribution is 2.30. The number of benzene rings is 4. The maximum Gasteiger partial charge on any atom is 0.344 e. The second kappa shape index (κ2) is 6.60. The van der Waals surface area contributed by atoms with Gasteiger partial charge in [0.1, 0.15) is 11.3 Å².